The Kier molecular flexibility index (Phi) is 6.82. The molecule has 0 bridgehead atoms. The van der Waals surface area contributed by atoms with E-state index in [2.05, 4.69) is 19.6 Å². The van der Waals surface area contributed by atoms with Crippen LogP contribution >= 0.6 is 11.6 Å². The molecule has 0 unspecified atom stereocenters. The van der Waals surface area contributed by atoms with Crippen LogP contribution in [0.15, 0.2) is 47.1 Å². The molecular weight excluding hydrogens is 475 g/mol. The second-order valence-corrected chi connectivity index (χ2v) is 8.06. The zero-order chi connectivity index (χ0) is 24.3. The predicted molar refractivity (Wildman–Crippen MR) is 116 cm³/mol. The normalized spacial score (nSPS) is 14.4. The summed E-state index contributed by atoms with van der Waals surface area (Å²) in [5.41, 5.74) is 0.814. The molecule has 1 saturated heterocycles. The molecule has 3 heterocycles. The highest BCUT2D eigenvalue weighted by Crippen LogP contribution is 2.29. The minimum Gasteiger partial charge on any atom is -0.353 e. The van der Waals surface area contributed by atoms with Gasteiger partial charge in [0.15, 0.2) is 5.78 Å². The number of halogens is 4. The number of carbonyl (C=O) groups is 2. The van der Waals surface area contributed by atoms with E-state index in [1.807, 2.05) is 4.90 Å². The van der Waals surface area contributed by atoms with Gasteiger partial charge in [0.25, 0.3) is 0 Å². The third-order valence-electron chi connectivity index (χ3n) is 5.36. The van der Waals surface area contributed by atoms with Crippen LogP contribution in [0.2, 0.25) is 5.02 Å². The molecule has 2 aromatic heterocycles. The number of amides is 1. The maximum atomic E-state index is 12.6. The average molecular weight is 494 g/mol. The van der Waals surface area contributed by atoms with Gasteiger partial charge in [-0.05, 0) is 36.4 Å². The first-order valence-corrected chi connectivity index (χ1v) is 10.8. The van der Waals surface area contributed by atoms with Crippen molar-refractivity contribution in [2.45, 2.75) is 19.0 Å². The van der Waals surface area contributed by atoms with E-state index in [1.54, 1.807) is 41.3 Å². The number of ketones is 1. The summed E-state index contributed by atoms with van der Waals surface area (Å²) in [4.78, 5) is 36.1. The van der Waals surface area contributed by atoms with Crippen LogP contribution in [0.5, 0.6) is 0 Å². The van der Waals surface area contributed by atoms with Gasteiger partial charge >= 0.3 is 12.1 Å². The summed E-state index contributed by atoms with van der Waals surface area (Å²) in [5.74, 6) is -1.20. The zero-order valence-corrected chi connectivity index (χ0v) is 18.5. The number of piperazine rings is 1. The van der Waals surface area contributed by atoms with Crippen molar-refractivity contribution >= 4 is 29.1 Å². The number of Topliss-reactive ketones (excluding diaryl/α,β-unsaturated/α-hetero) is 1. The molecule has 12 heteroatoms. The third-order valence-corrected chi connectivity index (χ3v) is 5.62. The van der Waals surface area contributed by atoms with Crippen LogP contribution in [-0.4, -0.2) is 57.9 Å². The van der Waals surface area contributed by atoms with Crippen LogP contribution in [0.25, 0.3) is 11.4 Å². The number of benzene rings is 1. The van der Waals surface area contributed by atoms with E-state index in [0.29, 0.717) is 48.1 Å². The van der Waals surface area contributed by atoms with Crippen molar-refractivity contribution in [3.63, 3.8) is 0 Å². The van der Waals surface area contributed by atoms with Crippen LogP contribution in [0.1, 0.15) is 29.1 Å². The highest BCUT2D eigenvalue weighted by atomic mass is 35.5. The van der Waals surface area contributed by atoms with Gasteiger partial charge in [-0.25, -0.2) is 4.98 Å². The number of pyridine rings is 1. The fourth-order valence-electron chi connectivity index (χ4n) is 3.50. The molecule has 3 aromatic rings. The Hall–Kier alpha value is -3.47. The Morgan fingerprint density at radius 2 is 1.71 bits per heavy atom. The maximum Gasteiger partial charge on any atom is 0.471 e. The van der Waals surface area contributed by atoms with E-state index in [1.165, 1.54) is 6.20 Å². The summed E-state index contributed by atoms with van der Waals surface area (Å²) >= 11 is 5.83. The molecule has 1 fully saturated rings. The van der Waals surface area contributed by atoms with Gasteiger partial charge in [-0.2, -0.15) is 18.2 Å². The van der Waals surface area contributed by atoms with E-state index >= 15 is 0 Å². The lowest BCUT2D eigenvalue weighted by Crippen LogP contribution is -2.49. The number of carbonyl (C=O) groups excluding carboxylic acids is 2. The molecule has 0 saturated carbocycles. The number of hydrogen-bond donors (Lipinski definition) is 0. The minimum absolute atomic E-state index is 0.0946. The first-order chi connectivity index (χ1) is 16.2. The lowest BCUT2D eigenvalue weighted by molar-refractivity contribution is -0.159. The van der Waals surface area contributed by atoms with Gasteiger partial charge in [0.05, 0.1) is 0 Å². The number of alkyl halides is 3. The van der Waals surface area contributed by atoms with Crippen molar-refractivity contribution in [2.75, 3.05) is 31.1 Å². The Labute approximate surface area is 197 Å². The van der Waals surface area contributed by atoms with Gasteiger partial charge < -0.3 is 14.3 Å². The lowest BCUT2D eigenvalue weighted by atomic mass is 10.1. The molecule has 34 heavy (non-hydrogen) atoms. The number of aromatic nitrogens is 3. The molecule has 8 nitrogen and oxygen atoms in total. The number of anilines is 1. The lowest BCUT2D eigenvalue weighted by Gasteiger charge is -2.35. The van der Waals surface area contributed by atoms with Gasteiger partial charge in [0.2, 0.25) is 11.7 Å². The van der Waals surface area contributed by atoms with Gasteiger partial charge in [-0.3, -0.25) is 9.59 Å². The van der Waals surface area contributed by atoms with Crippen molar-refractivity contribution in [3.8, 4) is 11.4 Å². The predicted octanol–water partition coefficient (Wildman–Crippen LogP) is 4.12. The molecule has 1 aliphatic rings. The van der Waals surface area contributed by atoms with Crippen molar-refractivity contribution in [3.05, 3.63) is 59.1 Å². The maximum absolute atomic E-state index is 12.6. The summed E-state index contributed by atoms with van der Waals surface area (Å²) in [6.45, 7) is 2.00. The molecule has 178 valence electrons. The average Bonchev–Trinajstić information content (AvgIpc) is 3.34. The van der Waals surface area contributed by atoms with Gasteiger partial charge in [-0.1, -0.05) is 16.8 Å². The molecule has 1 amide bonds. The summed E-state index contributed by atoms with van der Waals surface area (Å²) in [6.07, 6.45) is -3.09. The molecule has 0 spiro atoms. The first-order valence-electron chi connectivity index (χ1n) is 10.4. The highest BCUT2D eigenvalue weighted by molar-refractivity contribution is 6.30. The van der Waals surface area contributed by atoms with Gasteiger partial charge in [0.1, 0.15) is 5.82 Å². The van der Waals surface area contributed by atoms with Crippen LogP contribution in [0, 0.1) is 0 Å². The summed E-state index contributed by atoms with van der Waals surface area (Å²) in [6, 6.07) is 9.77. The Morgan fingerprint density at radius 3 is 2.29 bits per heavy atom. The molecule has 1 aliphatic heterocycles. The monoisotopic (exact) mass is 493 g/mol. The van der Waals surface area contributed by atoms with Crippen molar-refractivity contribution in [1.29, 1.82) is 0 Å². The SMILES string of the molecule is O=C(CCC(=O)N1CCN(c2ccc(-c3noc(C(F)(F)F)n3)cn2)CC1)c1ccc(Cl)cc1. The molecule has 0 radical (unpaired) electrons. The Bertz CT molecular complexity index is 1160. The Balaban J connectivity index is 1.27. The topological polar surface area (TPSA) is 92.4 Å². The second-order valence-electron chi connectivity index (χ2n) is 7.62. The molecule has 1 aromatic carbocycles. The number of rotatable bonds is 6. The van der Waals surface area contributed by atoms with Crippen molar-refractivity contribution in [1.82, 2.24) is 20.0 Å². The molecular formula is C22H19ClF3N5O3. The van der Waals surface area contributed by atoms with E-state index in [-0.39, 0.29) is 30.4 Å². The van der Waals surface area contributed by atoms with Crippen LogP contribution < -0.4 is 4.90 Å². The van der Waals surface area contributed by atoms with E-state index in [0.717, 1.165) is 0 Å². The summed E-state index contributed by atoms with van der Waals surface area (Å²) in [7, 11) is 0. The highest BCUT2D eigenvalue weighted by Gasteiger charge is 2.38. The van der Waals surface area contributed by atoms with Crippen LogP contribution in [-0.2, 0) is 11.0 Å². The number of nitrogens with zero attached hydrogens (tertiary/aromatic N) is 5. The quantitative estimate of drug-likeness (QED) is 0.477. The summed E-state index contributed by atoms with van der Waals surface area (Å²) in [5, 5.41) is 3.89. The second kappa shape index (κ2) is 9.80. The number of hydrogen-bond acceptors (Lipinski definition) is 7. The Morgan fingerprint density at radius 1 is 1.00 bits per heavy atom. The zero-order valence-electron chi connectivity index (χ0n) is 17.8. The standard InChI is InChI=1S/C22H19ClF3N5O3/c23-16-4-1-14(2-5-16)17(32)6-8-19(33)31-11-9-30(10-12-31)18-7-3-15(13-27-18)20-28-21(34-29-20)22(24,25)26/h1-5,7,13H,6,8-12H2. The third kappa shape index (κ3) is 5.53. The fraction of sp³-hybridized carbons (Fsp3) is 0.318. The molecule has 0 atom stereocenters. The van der Waals surface area contributed by atoms with Crippen LogP contribution in [0.4, 0.5) is 19.0 Å². The van der Waals surface area contributed by atoms with E-state index < -0.39 is 12.1 Å². The largest absolute Gasteiger partial charge is 0.471 e. The van der Waals surface area contributed by atoms with Gasteiger partial charge in [-0.15, -0.1) is 0 Å². The van der Waals surface area contributed by atoms with E-state index in [9.17, 15) is 22.8 Å². The van der Waals surface area contributed by atoms with Gasteiger partial charge in [0, 0.05) is 61.4 Å². The van der Waals surface area contributed by atoms with E-state index in [4.69, 9.17) is 11.6 Å². The minimum atomic E-state index is -4.71. The summed E-state index contributed by atoms with van der Waals surface area (Å²) < 4.78 is 42.1. The smallest absolute Gasteiger partial charge is 0.353 e. The van der Waals surface area contributed by atoms with Crippen molar-refractivity contribution in [2.24, 2.45) is 0 Å². The molecule has 0 N–H and O–H groups in total. The molecule has 4 rings (SSSR count). The fourth-order valence-corrected chi connectivity index (χ4v) is 3.63. The first kappa shape index (κ1) is 23.7. The van der Waals surface area contributed by atoms with Crippen LogP contribution in [0.3, 0.4) is 0 Å². The molecule has 0 aliphatic carbocycles. The van der Waals surface area contributed by atoms with Crippen molar-refractivity contribution < 1.29 is 27.3 Å².